The molecule has 3 aliphatic heterocycles. The molecule has 6 heterocycles. The summed E-state index contributed by atoms with van der Waals surface area (Å²) in [5.41, 5.74) is 6.73. The molecule has 232 valence electrons. The summed E-state index contributed by atoms with van der Waals surface area (Å²) in [5.74, 6) is 0.570. The second-order valence-electron chi connectivity index (χ2n) is 14.1. The van der Waals surface area contributed by atoms with Crippen molar-refractivity contribution in [2.24, 2.45) is 5.92 Å². The van der Waals surface area contributed by atoms with E-state index in [0.29, 0.717) is 18.6 Å². The Morgan fingerprint density at radius 1 is 1.05 bits per heavy atom. The number of aromatic amines is 1. The molecule has 1 aromatic carbocycles. The van der Waals surface area contributed by atoms with E-state index in [1.54, 1.807) is 22.7 Å². The van der Waals surface area contributed by atoms with E-state index in [1.807, 2.05) is 0 Å². The predicted molar refractivity (Wildman–Crippen MR) is 182 cm³/mol. The number of benzene rings is 1. The maximum atomic E-state index is 14.0. The molecule has 3 aliphatic rings. The van der Waals surface area contributed by atoms with Gasteiger partial charge in [0.05, 0.1) is 17.0 Å². The summed E-state index contributed by atoms with van der Waals surface area (Å²) in [5, 5.41) is 8.76. The number of fused-ring (bicyclic) bond motifs is 3. The first-order valence-electron chi connectivity index (χ1n) is 16.2. The van der Waals surface area contributed by atoms with Crippen LogP contribution in [0.1, 0.15) is 79.5 Å². The molecule has 4 aromatic rings. The molecular weight excluding hydrogens is 585 g/mol. The van der Waals surface area contributed by atoms with Crippen molar-refractivity contribution >= 4 is 44.7 Å². The molecule has 0 radical (unpaired) electrons. The average Bonchev–Trinajstić information content (AvgIpc) is 3.79. The van der Waals surface area contributed by atoms with Gasteiger partial charge in [0.25, 0.3) is 0 Å². The Bertz CT molecular complexity index is 1650. The molecule has 44 heavy (non-hydrogen) atoms. The SMILES string of the molecule is Cc1cc(C)cc(-c2[nH]c3sc(C(C)(C)C(=O)N4C5CCC4CC5)cc3c2[C@H](C)CNC(=O)C2CN(Cc3ccsc3)C2)c1. The highest BCUT2D eigenvalue weighted by molar-refractivity contribution is 7.19. The second-order valence-corrected chi connectivity index (χ2v) is 15.9. The Hall–Kier alpha value is -2.94. The third kappa shape index (κ3) is 5.33. The zero-order chi connectivity index (χ0) is 30.7. The van der Waals surface area contributed by atoms with Gasteiger partial charge in [0.2, 0.25) is 11.8 Å². The molecule has 0 saturated carbocycles. The molecule has 3 aromatic heterocycles. The van der Waals surface area contributed by atoms with Gasteiger partial charge in [0, 0.05) is 54.4 Å². The van der Waals surface area contributed by atoms with Crippen molar-refractivity contribution in [2.45, 2.75) is 90.3 Å². The fourth-order valence-electron chi connectivity index (χ4n) is 7.84. The standard InChI is InChI=1S/C36H44N4O2S2/c1-21-12-22(2)14-25(13-21)32-31(23(3)16-37-33(41)26-18-39(19-26)17-24-10-11-43-20-24)29-15-30(44-34(29)38-32)36(4,5)35(42)40-27-6-7-28(40)9-8-27/h10-15,20,23,26-28,38H,6-9,16-19H2,1-5H3,(H,37,41)/t23-,27?,28?/m1/s1. The van der Waals surface area contributed by atoms with Gasteiger partial charge >= 0.3 is 0 Å². The Kier molecular flexibility index (Phi) is 7.74. The van der Waals surface area contributed by atoms with E-state index in [4.69, 9.17) is 0 Å². The van der Waals surface area contributed by atoms with Gasteiger partial charge in [-0.1, -0.05) is 24.1 Å². The Morgan fingerprint density at radius 2 is 1.73 bits per heavy atom. The van der Waals surface area contributed by atoms with Crippen molar-refractivity contribution in [3.8, 4) is 11.3 Å². The molecule has 7 rings (SSSR count). The lowest BCUT2D eigenvalue weighted by Crippen LogP contribution is -2.53. The average molecular weight is 629 g/mol. The lowest BCUT2D eigenvalue weighted by molar-refractivity contribution is -0.137. The first kappa shape index (κ1) is 29.8. The van der Waals surface area contributed by atoms with E-state index in [1.165, 1.54) is 33.2 Å². The summed E-state index contributed by atoms with van der Waals surface area (Å²) in [7, 11) is 0. The van der Waals surface area contributed by atoms with Crippen molar-refractivity contribution in [2.75, 3.05) is 19.6 Å². The minimum Gasteiger partial charge on any atom is -0.355 e. The summed E-state index contributed by atoms with van der Waals surface area (Å²) in [6.45, 7) is 13.8. The monoisotopic (exact) mass is 628 g/mol. The number of carbonyl (C=O) groups excluding carboxylic acids is 2. The van der Waals surface area contributed by atoms with Crippen LogP contribution in [-0.2, 0) is 21.5 Å². The largest absolute Gasteiger partial charge is 0.355 e. The van der Waals surface area contributed by atoms with Crippen LogP contribution in [0.15, 0.2) is 41.1 Å². The third-order valence-corrected chi connectivity index (χ3v) is 12.4. The number of hydrogen-bond acceptors (Lipinski definition) is 5. The number of aromatic nitrogens is 1. The molecule has 6 nitrogen and oxygen atoms in total. The van der Waals surface area contributed by atoms with Gasteiger partial charge in [0.15, 0.2) is 0 Å². The van der Waals surface area contributed by atoms with Crippen LogP contribution in [0.3, 0.4) is 0 Å². The molecule has 8 heteroatoms. The number of hydrogen-bond donors (Lipinski definition) is 2. The second kappa shape index (κ2) is 11.5. The number of likely N-dealkylation sites (tertiary alicyclic amines) is 1. The molecule has 1 atom stereocenters. The topological polar surface area (TPSA) is 68.4 Å². The van der Waals surface area contributed by atoms with E-state index >= 15 is 0 Å². The summed E-state index contributed by atoms with van der Waals surface area (Å²) in [4.78, 5) is 37.7. The first-order valence-corrected chi connectivity index (χ1v) is 17.9. The van der Waals surface area contributed by atoms with E-state index in [2.05, 4.69) is 95.8 Å². The van der Waals surface area contributed by atoms with Crippen molar-refractivity contribution in [3.05, 3.63) is 68.2 Å². The maximum Gasteiger partial charge on any atom is 0.233 e. The van der Waals surface area contributed by atoms with E-state index in [-0.39, 0.29) is 23.7 Å². The lowest BCUT2D eigenvalue weighted by Gasteiger charge is -2.38. The third-order valence-electron chi connectivity index (χ3n) is 10.3. The maximum absolute atomic E-state index is 14.0. The number of H-pyrrole nitrogens is 1. The summed E-state index contributed by atoms with van der Waals surface area (Å²) in [6.07, 6.45) is 4.60. The lowest BCUT2D eigenvalue weighted by atomic mass is 9.88. The van der Waals surface area contributed by atoms with Crippen LogP contribution in [0.4, 0.5) is 0 Å². The Morgan fingerprint density at radius 3 is 2.36 bits per heavy atom. The highest BCUT2D eigenvalue weighted by Gasteiger charge is 2.47. The summed E-state index contributed by atoms with van der Waals surface area (Å²) < 4.78 is 0. The molecule has 0 unspecified atom stereocenters. The number of nitrogens with zero attached hydrogens (tertiary/aromatic N) is 2. The minimum absolute atomic E-state index is 0.0476. The van der Waals surface area contributed by atoms with Crippen molar-refractivity contribution in [3.63, 3.8) is 0 Å². The summed E-state index contributed by atoms with van der Waals surface area (Å²) in [6, 6.07) is 12.0. The molecule has 3 saturated heterocycles. The van der Waals surface area contributed by atoms with Gasteiger partial charge in [-0.15, -0.1) is 11.3 Å². The number of carbonyl (C=O) groups is 2. The van der Waals surface area contributed by atoms with Crippen LogP contribution < -0.4 is 5.32 Å². The summed E-state index contributed by atoms with van der Waals surface area (Å²) >= 11 is 3.44. The fraction of sp³-hybridized carbons (Fsp3) is 0.500. The van der Waals surface area contributed by atoms with Gasteiger partial charge in [-0.3, -0.25) is 14.5 Å². The van der Waals surface area contributed by atoms with Gasteiger partial charge in [0.1, 0.15) is 4.83 Å². The van der Waals surface area contributed by atoms with Crippen LogP contribution in [0.5, 0.6) is 0 Å². The van der Waals surface area contributed by atoms with Gasteiger partial charge < -0.3 is 15.2 Å². The predicted octanol–water partition coefficient (Wildman–Crippen LogP) is 7.36. The number of nitrogens with one attached hydrogen (secondary N) is 2. The van der Waals surface area contributed by atoms with Gasteiger partial charge in [-0.2, -0.15) is 11.3 Å². The molecular formula is C36H44N4O2S2. The van der Waals surface area contributed by atoms with Crippen LogP contribution in [0, 0.1) is 19.8 Å². The smallest absolute Gasteiger partial charge is 0.233 e. The van der Waals surface area contributed by atoms with Crippen molar-refractivity contribution in [1.29, 1.82) is 0 Å². The molecule has 2 amide bonds. The first-order chi connectivity index (χ1) is 21.1. The van der Waals surface area contributed by atoms with Crippen LogP contribution in [0.2, 0.25) is 0 Å². The zero-order valence-electron chi connectivity index (χ0n) is 26.5. The number of rotatable bonds is 9. The Labute approximate surface area is 268 Å². The van der Waals surface area contributed by atoms with E-state index in [0.717, 1.165) is 60.7 Å². The van der Waals surface area contributed by atoms with Crippen molar-refractivity contribution < 1.29 is 9.59 Å². The van der Waals surface area contributed by atoms with Crippen molar-refractivity contribution in [1.82, 2.24) is 20.1 Å². The molecule has 3 fully saturated rings. The molecule has 2 N–H and O–H groups in total. The van der Waals surface area contributed by atoms with Crippen LogP contribution >= 0.6 is 22.7 Å². The van der Waals surface area contributed by atoms with Gasteiger partial charge in [-0.05, 0) is 105 Å². The van der Waals surface area contributed by atoms with E-state index in [9.17, 15) is 9.59 Å². The minimum atomic E-state index is -0.580. The number of aryl methyl sites for hydroxylation is 2. The molecule has 0 spiro atoms. The molecule has 2 bridgehead atoms. The zero-order valence-corrected chi connectivity index (χ0v) is 28.2. The molecule has 0 aliphatic carbocycles. The number of thiophene rings is 2. The normalized spacial score (nSPS) is 21.2. The highest BCUT2D eigenvalue weighted by atomic mass is 32.1. The van der Waals surface area contributed by atoms with Gasteiger partial charge in [-0.25, -0.2) is 0 Å². The fourth-order valence-corrected chi connectivity index (χ4v) is 9.68. The highest BCUT2D eigenvalue weighted by Crippen LogP contribution is 2.45. The number of amides is 2. The Balaban J connectivity index is 1.13. The van der Waals surface area contributed by atoms with Crippen LogP contribution in [-0.4, -0.2) is 58.3 Å². The van der Waals surface area contributed by atoms with Crippen LogP contribution in [0.25, 0.3) is 21.5 Å². The quantitative estimate of drug-likeness (QED) is 0.204. The van der Waals surface area contributed by atoms with E-state index < -0.39 is 5.41 Å².